The van der Waals surface area contributed by atoms with E-state index in [4.69, 9.17) is 5.73 Å². The number of nitriles is 1. The van der Waals surface area contributed by atoms with Gasteiger partial charge in [0.1, 0.15) is 11.8 Å². The van der Waals surface area contributed by atoms with Gasteiger partial charge in [-0.05, 0) is 11.4 Å². The fourth-order valence-corrected chi connectivity index (χ4v) is 4.09. The molecule has 0 unspecified atom stereocenters. The topological polar surface area (TPSA) is 116 Å². The van der Waals surface area contributed by atoms with Gasteiger partial charge in [0.25, 0.3) is 0 Å². The molecule has 1 aliphatic heterocycles. The summed E-state index contributed by atoms with van der Waals surface area (Å²) in [5.74, 6) is -4.59. The maximum atomic E-state index is 12.5. The van der Waals surface area contributed by atoms with Crippen molar-refractivity contribution in [1.82, 2.24) is 5.32 Å². The molecule has 7 heteroatoms. The maximum Gasteiger partial charge on any atom is 0.235 e. The van der Waals surface area contributed by atoms with Crippen molar-refractivity contribution in [2.45, 2.75) is 11.6 Å². The summed E-state index contributed by atoms with van der Waals surface area (Å²) in [6.45, 7) is 0. The van der Waals surface area contributed by atoms with Crippen LogP contribution in [0.1, 0.15) is 16.4 Å². The Morgan fingerprint density at radius 2 is 2.00 bits per heavy atom. The molecule has 2 amide bonds. The van der Waals surface area contributed by atoms with Gasteiger partial charge in [-0.3, -0.25) is 9.59 Å². The molecule has 4 N–H and O–H groups in total. The Balaban J connectivity index is 2.17. The average molecular weight is 341 g/mol. The molecule has 24 heavy (non-hydrogen) atoms. The van der Waals surface area contributed by atoms with Crippen LogP contribution in [0, 0.1) is 23.2 Å². The predicted molar refractivity (Wildman–Crippen MR) is 87.3 cm³/mol. The highest BCUT2D eigenvalue weighted by Gasteiger charge is 2.56. The lowest BCUT2D eigenvalue weighted by Crippen LogP contribution is -2.62. The summed E-state index contributed by atoms with van der Waals surface area (Å²) in [7, 11) is 0. The van der Waals surface area contributed by atoms with Crippen LogP contribution in [0.3, 0.4) is 0 Å². The molecular formula is C17H15N3O3S. The van der Waals surface area contributed by atoms with Crippen LogP contribution in [-0.4, -0.2) is 16.9 Å². The molecule has 3 rings (SSSR count). The third kappa shape index (κ3) is 2.46. The summed E-state index contributed by atoms with van der Waals surface area (Å²) in [6.07, 6.45) is 0. The van der Waals surface area contributed by atoms with E-state index in [1.54, 1.807) is 47.8 Å². The van der Waals surface area contributed by atoms with E-state index in [-0.39, 0.29) is 0 Å². The lowest BCUT2D eigenvalue weighted by atomic mass is 9.69. The van der Waals surface area contributed by atoms with Gasteiger partial charge in [0.2, 0.25) is 11.8 Å². The van der Waals surface area contributed by atoms with E-state index in [0.29, 0.717) is 10.4 Å². The lowest BCUT2D eigenvalue weighted by molar-refractivity contribution is -0.153. The van der Waals surface area contributed by atoms with Crippen molar-refractivity contribution < 1.29 is 14.7 Å². The monoisotopic (exact) mass is 341 g/mol. The van der Waals surface area contributed by atoms with E-state index in [1.165, 1.54) is 11.3 Å². The van der Waals surface area contributed by atoms with Crippen LogP contribution < -0.4 is 11.1 Å². The lowest BCUT2D eigenvalue weighted by Gasteiger charge is -2.44. The summed E-state index contributed by atoms with van der Waals surface area (Å²) in [5, 5.41) is 25.1. The Kier molecular flexibility index (Phi) is 4.09. The van der Waals surface area contributed by atoms with Gasteiger partial charge in [0.05, 0.1) is 6.07 Å². The summed E-state index contributed by atoms with van der Waals surface area (Å²) in [4.78, 5) is 25.0. The van der Waals surface area contributed by atoms with Crippen LogP contribution in [0.25, 0.3) is 0 Å². The summed E-state index contributed by atoms with van der Waals surface area (Å²) < 4.78 is 0. The van der Waals surface area contributed by atoms with Crippen LogP contribution >= 0.6 is 11.3 Å². The van der Waals surface area contributed by atoms with Gasteiger partial charge in [0, 0.05) is 16.4 Å². The minimum Gasteiger partial charge on any atom is -0.369 e. The largest absolute Gasteiger partial charge is 0.369 e. The zero-order valence-electron chi connectivity index (χ0n) is 12.5. The fraction of sp³-hybridized carbons (Fsp3) is 0.235. The molecule has 2 aromatic rings. The first-order valence-electron chi connectivity index (χ1n) is 7.31. The van der Waals surface area contributed by atoms with Gasteiger partial charge >= 0.3 is 0 Å². The highest BCUT2D eigenvalue weighted by atomic mass is 32.1. The normalized spacial score (nSPS) is 29.5. The highest BCUT2D eigenvalue weighted by Crippen LogP contribution is 2.46. The van der Waals surface area contributed by atoms with Crippen molar-refractivity contribution in [2.24, 2.45) is 17.6 Å². The van der Waals surface area contributed by atoms with E-state index < -0.39 is 35.3 Å². The first-order chi connectivity index (χ1) is 11.5. The SMILES string of the molecule is N#C[C@@H]1[C@H](c2cccs2)[C@@H](C(N)=O)C(=O)N[C@]1(O)c1ccccc1. The Morgan fingerprint density at radius 3 is 2.54 bits per heavy atom. The fourth-order valence-electron chi connectivity index (χ4n) is 3.19. The molecule has 1 aromatic carbocycles. The Labute approximate surface area is 142 Å². The van der Waals surface area contributed by atoms with Gasteiger partial charge in [0.15, 0.2) is 5.72 Å². The Bertz CT molecular complexity index is 800. The minimum absolute atomic E-state index is 0.384. The number of benzene rings is 1. The van der Waals surface area contributed by atoms with Crippen LogP contribution in [0.4, 0.5) is 0 Å². The maximum absolute atomic E-state index is 12.5. The van der Waals surface area contributed by atoms with E-state index in [1.807, 2.05) is 0 Å². The highest BCUT2D eigenvalue weighted by molar-refractivity contribution is 7.10. The van der Waals surface area contributed by atoms with Crippen LogP contribution in [0.15, 0.2) is 47.8 Å². The molecule has 1 aliphatic rings. The number of aliphatic hydroxyl groups is 1. The third-order valence-electron chi connectivity index (χ3n) is 4.30. The van der Waals surface area contributed by atoms with Crippen LogP contribution in [-0.2, 0) is 15.3 Å². The van der Waals surface area contributed by atoms with Gasteiger partial charge < -0.3 is 16.2 Å². The summed E-state index contributed by atoms with van der Waals surface area (Å²) in [6, 6.07) is 14.0. The second-order valence-electron chi connectivity index (χ2n) is 5.65. The minimum atomic E-state index is -1.90. The molecule has 0 spiro atoms. The van der Waals surface area contributed by atoms with Crippen LogP contribution in [0.5, 0.6) is 0 Å². The molecule has 122 valence electrons. The molecule has 0 radical (unpaired) electrons. The van der Waals surface area contributed by atoms with Crippen molar-refractivity contribution in [3.8, 4) is 6.07 Å². The van der Waals surface area contributed by atoms with Crippen molar-refractivity contribution in [1.29, 1.82) is 5.26 Å². The molecule has 4 atom stereocenters. The second kappa shape index (κ2) is 6.07. The molecule has 6 nitrogen and oxygen atoms in total. The third-order valence-corrected chi connectivity index (χ3v) is 5.27. The van der Waals surface area contributed by atoms with Crippen LogP contribution in [0.2, 0.25) is 0 Å². The number of nitrogens with one attached hydrogen (secondary N) is 1. The average Bonchev–Trinajstić information content (AvgIpc) is 3.08. The standard InChI is InChI=1S/C17H15N3O3S/c18-9-11-13(12-7-4-8-24-12)14(15(19)21)16(22)20-17(11,23)10-5-2-1-3-6-10/h1-8,11,13-14,23H,(H2,19,21)(H,20,22)/t11-,13-,14+,17+/m1/s1. The van der Waals surface area contributed by atoms with Crippen molar-refractivity contribution >= 4 is 23.2 Å². The number of hydrogen-bond acceptors (Lipinski definition) is 5. The first kappa shape index (κ1) is 16.2. The number of nitrogens with zero attached hydrogens (tertiary/aromatic N) is 1. The molecule has 0 saturated carbocycles. The van der Waals surface area contributed by atoms with E-state index >= 15 is 0 Å². The summed E-state index contributed by atoms with van der Waals surface area (Å²) >= 11 is 1.32. The summed E-state index contributed by atoms with van der Waals surface area (Å²) in [5.41, 5.74) is 3.90. The van der Waals surface area contributed by atoms with Gasteiger partial charge in [-0.25, -0.2) is 0 Å². The predicted octanol–water partition coefficient (Wildman–Crippen LogP) is 1.05. The quantitative estimate of drug-likeness (QED) is 0.723. The van der Waals surface area contributed by atoms with Crippen molar-refractivity contribution in [3.05, 3.63) is 58.3 Å². The molecule has 0 bridgehead atoms. The number of thiophene rings is 1. The zero-order chi connectivity index (χ0) is 17.3. The van der Waals surface area contributed by atoms with Gasteiger partial charge in [-0.2, -0.15) is 5.26 Å². The molecule has 1 fully saturated rings. The number of piperidine rings is 1. The number of hydrogen-bond donors (Lipinski definition) is 3. The number of rotatable bonds is 3. The van der Waals surface area contributed by atoms with E-state index in [0.717, 1.165) is 0 Å². The molecule has 2 heterocycles. The second-order valence-corrected chi connectivity index (χ2v) is 6.63. The zero-order valence-corrected chi connectivity index (χ0v) is 13.4. The number of amides is 2. The molecule has 1 saturated heterocycles. The van der Waals surface area contributed by atoms with E-state index in [9.17, 15) is 20.0 Å². The van der Waals surface area contributed by atoms with Gasteiger partial charge in [-0.15, -0.1) is 11.3 Å². The Morgan fingerprint density at radius 1 is 1.29 bits per heavy atom. The number of primary amides is 1. The molecule has 1 aromatic heterocycles. The number of carbonyl (C=O) groups is 2. The van der Waals surface area contributed by atoms with Crippen molar-refractivity contribution in [3.63, 3.8) is 0 Å². The van der Waals surface area contributed by atoms with E-state index in [2.05, 4.69) is 11.4 Å². The number of carbonyl (C=O) groups excluding carboxylic acids is 2. The Hall–Kier alpha value is -2.69. The molecular weight excluding hydrogens is 326 g/mol. The van der Waals surface area contributed by atoms with Gasteiger partial charge in [-0.1, -0.05) is 36.4 Å². The molecule has 0 aliphatic carbocycles. The number of nitrogens with two attached hydrogens (primary N) is 1. The first-order valence-corrected chi connectivity index (χ1v) is 8.19. The van der Waals surface area contributed by atoms with Crippen molar-refractivity contribution in [2.75, 3.05) is 0 Å². The smallest absolute Gasteiger partial charge is 0.235 e.